The fourth-order valence-corrected chi connectivity index (χ4v) is 5.95. The van der Waals surface area contributed by atoms with Crippen LogP contribution in [0.5, 0.6) is 17.2 Å². The molecule has 0 radical (unpaired) electrons. The van der Waals surface area contributed by atoms with Crippen LogP contribution in [0.1, 0.15) is 39.2 Å². The molecule has 0 aromatic heterocycles. The number of para-hydroxylation sites is 1. The molecule has 11 heteroatoms. The van der Waals surface area contributed by atoms with Gasteiger partial charge in [0.05, 0.1) is 31.9 Å². The number of carbonyl (C=O) groups is 2. The van der Waals surface area contributed by atoms with Gasteiger partial charge >= 0.3 is 0 Å². The largest absolute Gasteiger partial charge is 0.497 e. The molecule has 43 heavy (non-hydrogen) atoms. The second-order valence-electron chi connectivity index (χ2n) is 9.98. The fraction of sp³-hybridized carbons (Fsp3) is 0.375. The molecule has 0 spiro atoms. The number of sulfonamides is 1. The summed E-state index contributed by atoms with van der Waals surface area (Å²) in [5, 5.41) is 2.97. The number of nitrogens with zero attached hydrogens (tertiary/aromatic N) is 2. The third-order valence-electron chi connectivity index (χ3n) is 7.16. The second kappa shape index (κ2) is 15.3. The minimum absolute atomic E-state index is 0.0786. The van der Waals surface area contributed by atoms with E-state index in [0.29, 0.717) is 23.6 Å². The minimum Gasteiger partial charge on any atom is -0.497 e. The van der Waals surface area contributed by atoms with Crippen molar-refractivity contribution in [2.75, 3.05) is 32.2 Å². The number of amides is 2. The van der Waals surface area contributed by atoms with E-state index in [1.165, 1.54) is 37.3 Å². The standard InChI is InChI=1S/C32H41N3O7S/c1-7-23(3)33-32(37)28(8-2)34(21-24-14-16-26(40-4)17-15-24)31(36)22-35(25-12-10-9-11-13-25)43(38,39)27-18-19-29(41-5)30(20-27)42-6/h9-20,23,28H,7-8,21-22H2,1-6H3,(H,33,37)/t23-,28-/m1/s1. The van der Waals surface area contributed by atoms with E-state index < -0.39 is 28.5 Å². The van der Waals surface area contributed by atoms with E-state index in [2.05, 4.69) is 5.32 Å². The second-order valence-corrected chi connectivity index (χ2v) is 11.8. The molecule has 0 aliphatic rings. The van der Waals surface area contributed by atoms with Gasteiger partial charge in [0.1, 0.15) is 18.3 Å². The molecule has 10 nitrogen and oxygen atoms in total. The summed E-state index contributed by atoms with van der Waals surface area (Å²) in [6.07, 6.45) is 1.05. The number of methoxy groups -OCH3 is 3. The number of benzene rings is 3. The Labute approximate surface area is 254 Å². The molecule has 0 aliphatic carbocycles. The third kappa shape index (κ3) is 8.19. The van der Waals surface area contributed by atoms with Crippen molar-refractivity contribution in [2.24, 2.45) is 0 Å². The zero-order chi connectivity index (χ0) is 31.6. The first-order valence-corrected chi connectivity index (χ1v) is 15.6. The summed E-state index contributed by atoms with van der Waals surface area (Å²) in [4.78, 5) is 29.0. The minimum atomic E-state index is -4.26. The highest BCUT2D eigenvalue weighted by molar-refractivity contribution is 7.92. The molecule has 2 amide bonds. The summed E-state index contributed by atoms with van der Waals surface area (Å²) in [7, 11) is 0.173. The van der Waals surface area contributed by atoms with E-state index in [1.54, 1.807) is 49.6 Å². The predicted octanol–water partition coefficient (Wildman–Crippen LogP) is 4.63. The van der Waals surface area contributed by atoms with Crippen LogP contribution < -0.4 is 23.8 Å². The molecule has 0 fully saturated rings. The van der Waals surface area contributed by atoms with Gasteiger partial charge in [0.25, 0.3) is 10.0 Å². The average molecular weight is 612 g/mol. The highest BCUT2D eigenvalue weighted by atomic mass is 32.2. The van der Waals surface area contributed by atoms with Gasteiger partial charge in [0.15, 0.2) is 11.5 Å². The van der Waals surface area contributed by atoms with Crippen molar-refractivity contribution in [1.82, 2.24) is 10.2 Å². The van der Waals surface area contributed by atoms with Gasteiger partial charge in [-0.3, -0.25) is 13.9 Å². The maximum atomic E-state index is 14.2. The summed E-state index contributed by atoms with van der Waals surface area (Å²) in [5.74, 6) is 0.423. The van der Waals surface area contributed by atoms with E-state index in [4.69, 9.17) is 14.2 Å². The van der Waals surface area contributed by atoms with Crippen molar-refractivity contribution in [3.8, 4) is 17.2 Å². The first-order valence-electron chi connectivity index (χ1n) is 14.1. The van der Waals surface area contributed by atoms with Crippen molar-refractivity contribution < 1.29 is 32.2 Å². The molecule has 232 valence electrons. The van der Waals surface area contributed by atoms with Crippen LogP contribution in [-0.2, 0) is 26.2 Å². The van der Waals surface area contributed by atoms with Crippen LogP contribution in [0.3, 0.4) is 0 Å². The van der Waals surface area contributed by atoms with Crippen molar-refractivity contribution in [1.29, 1.82) is 0 Å². The fourth-order valence-electron chi connectivity index (χ4n) is 4.52. The third-order valence-corrected chi connectivity index (χ3v) is 8.93. The van der Waals surface area contributed by atoms with Crippen LogP contribution >= 0.6 is 0 Å². The van der Waals surface area contributed by atoms with Gasteiger partial charge < -0.3 is 24.4 Å². The smallest absolute Gasteiger partial charge is 0.264 e. The van der Waals surface area contributed by atoms with Crippen molar-refractivity contribution in [3.05, 3.63) is 78.4 Å². The lowest BCUT2D eigenvalue weighted by Crippen LogP contribution is -2.53. The zero-order valence-electron chi connectivity index (χ0n) is 25.6. The van der Waals surface area contributed by atoms with Crippen molar-refractivity contribution in [3.63, 3.8) is 0 Å². The Morgan fingerprint density at radius 3 is 2.05 bits per heavy atom. The van der Waals surface area contributed by atoms with E-state index >= 15 is 0 Å². The van der Waals surface area contributed by atoms with E-state index in [-0.39, 0.29) is 29.1 Å². The molecule has 0 heterocycles. The van der Waals surface area contributed by atoms with Crippen LogP contribution in [0.15, 0.2) is 77.7 Å². The number of anilines is 1. The lowest BCUT2D eigenvalue weighted by atomic mass is 10.1. The number of hydrogen-bond donors (Lipinski definition) is 1. The Bertz CT molecular complexity index is 1460. The monoisotopic (exact) mass is 611 g/mol. The van der Waals surface area contributed by atoms with Gasteiger partial charge in [0.2, 0.25) is 11.8 Å². The molecular formula is C32H41N3O7S. The lowest BCUT2D eigenvalue weighted by molar-refractivity contribution is -0.140. The number of ether oxygens (including phenoxy) is 3. The topological polar surface area (TPSA) is 114 Å². The molecule has 3 aromatic carbocycles. The first kappa shape index (κ1) is 33.3. The van der Waals surface area contributed by atoms with Gasteiger partial charge in [-0.2, -0.15) is 0 Å². The number of nitrogens with one attached hydrogen (secondary N) is 1. The Hall–Kier alpha value is -4.25. The molecule has 2 atom stereocenters. The Balaban J connectivity index is 2.07. The predicted molar refractivity (Wildman–Crippen MR) is 166 cm³/mol. The Kier molecular flexibility index (Phi) is 11.8. The normalized spacial score (nSPS) is 12.5. The molecule has 1 N–H and O–H groups in total. The van der Waals surface area contributed by atoms with Gasteiger partial charge in [0, 0.05) is 18.7 Å². The highest BCUT2D eigenvalue weighted by Gasteiger charge is 2.34. The van der Waals surface area contributed by atoms with Gasteiger partial charge in [-0.1, -0.05) is 44.2 Å². The van der Waals surface area contributed by atoms with E-state index in [9.17, 15) is 18.0 Å². The molecular weight excluding hydrogens is 570 g/mol. The van der Waals surface area contributed by atoms with Gasteiger partial charge in [-0.15, -0.1) is 0 Å². The van der Waals surface area contributed by atoms with Crippen LogP contribution in [0.25, 0.3) is 0 Å². The Morgan fingerprint density at radius 2 is 1.49 bits per heavy atom. The van der Waals surface area contributed by atoms with E-state index in [1.807, 2.05) is 32.9 Å². The first-order chi connectivity index (χ1) is 20.6. The molecule has 0 unspecified atom stereocenters. The Morgan fingerprint density at radius 1 is 0.837 bits per heavy atom. The molecule has 0 saturated heterocycles. The summed E-state index contributed by atoms with van der Waals surface area (Å²) >= 11 is 0. The highest BCUT2D eigenvalue weighted by Crippen LogP contribution is 2.32. The lowest BCUT2D eigenvalue weighted by Gasteiger charge is -2.33. The SMILES string of the molecule is CC[C@@H](C)NC(=O)[C@@H](CC)N(Cc1ccc(OC)cc1)C(=O)CN(c1ccccc1)S(=O)(=O)c1ccc(OC)c(OC)c1. The molecule has 0 bridgehead atoms. The maximum Gasteiger partial charge on any atom is 0.264 e. The quantitative estimate of drug-likeness (QED) is 0.267. The summed E-state index contributed by atoms with van der Waals surface area (Å²) in [6.45, 7) is 5.23. The zero-order valence-corrected chi connectivity index (χ0v) is 26.4. The van der Waals surface area contributed by atoms with Crippen LogP contribution in [-0.4, -0.2) is 65.1 Å². The van der Waals surface area contributed by atoms with Gasteiger partial charge in [-0.05, 0) is 61.7 Å². The van der Waals surface area contributed by atoms with Crippen LogP contribution in [0, 0.1) is 0 Å². The maximum absolute atomic E-state index is 14.2. The van der Waals surface area contributed by atoms with Crippen LogP contribution in [0.2, 0.25) is 0 Å². The van der Waals surface area contributed by atoms with Crippen molar-refractivity contribution >= 4 is 27.5 Å². The summed E-state index contributed by atoms with van der Waals surface area (Å²) < 4.78 is 45.1. The molecule has 0 saturated carbocycles. The number of rotatable bonds is 15. The number of carbonyl (C=O) groups excluding carboxylic acids is 2. The summed E-state index contributed by atoms with van der Waals surface area (Å²) in [5.41, 5.74) is 1.06. The molecule has 3 aromatic rings. The number of hydrogen-bond acceptors (Lipinski definition) is 7. The van der Waals surface area contributed by atoms with Crippen molar-refractivity contribution in [2.45, 2.75) is 57.1 Å². The average Bonchev–Trinajstić information content (AvgIpc) is 3.03. The van der Waals surface area contributed by atoms with Crippen LogP contribution in [0.4, 0.5) is 5.69 Å². The van der Waals surface area contributed by atoms with Gasteiger partial charge in [-0.25, -0.2) is 8.42 Å². The van der Waals surface area contributed by atoms with E-state index in [0.717, 1.165) is 16.3 Å². The molecule has 0 aliphatic heterocycles. The molecule has 3 rings (SSSR count). The summed E-state index contributed by atoms with van der Waals surface area (Å²) in [6, 6.07) is 18.9.